The van der Waals surface area contributed by atoms with Crippen molar-refractivity contribution in [1.29, 1.82) is 0 Å². The first-order chi connectivity index (χ1) is 14.5. The molecule has 1 N–H and O–H groups in total. The van der Waals surface area contributed by atoms with E-state index in [0.717, 1.165) is 11.1 Å². The lowest BCUT2D eigenvalue weighted by Crippen LogP contribution is -2.37. The van der Waals surface area contributed by atoms with E-state index in [4.69, 9.17) is 0 Å². The van der Waals surface area contributed by atoms with Crippen LogP contribution in [0.4, 0.5) is 5.69 Å². The lowest BCUT2D eigenvalue weighted by atomic mass is 9.92. The molecule has 0 atom stereocenters. The molecular formula is C25H20N2O3. The minimum absolute atomic E-state index is 0.0815. The van der Waals surface area contributed by atoms with E-state index in [-0.39, 0.29) is 23.2 Å². The molecule has 3 aromatic carbocycles. The van der Waals surface area contributed by atoms with Crippen molar-refractivity contribution in [2.45, 2.75) is 6.54 Å². The number of carbonyl (C=O) groups excluding carboxylic acids is 3. The van der Waals surface area contributed by atoms with Gasteiger partial charge in [-0.2, -0.15) is 0 Å². The van der Waals surface area contributed by atoms with Crippen LogP contribution in [0.5, 0.6) is 0 Å². The zero-order valence-electron chi connectivity index (χ0n) is 16.5. The van der Waals surface area contributed by atoms with E-state index < -0.39 is 0 Å². The second kappa shape index (κ2) is 8.17. The van der Waals surface area contributed by atoms with Crippen molar-refractivity contribution in [3.63, 3.8) is 0 Å². The van der Waals surface area contributed by atoms with Gasteiger partial charge in [-0.1, -0.05) is 60.7 Å². The number of amides is 2. The van der Waals surface area contributed by atoms with Gasteiger partial charge in [-0.05, 0) is 35.4 Å². The molecule has 1 heterocycles. The summed E-state index contributed by atoms with van der Waals surface area (Å²) < 4.78 is 0. The van der Waals surface area contributed by atoms with Crippen LogP contribution in [-0.2, 0) is 11.3 Å². The molecule has 0 saturated carbocycles. The first kappa shape index (κ1) is 19.3. The van der Waals surface area contributed by atoms with Crippen LogP contribution in [0.1, 0.15) is 31.8 Å². The lowest BCUT2D eigenvalue weighted by molar-refractivity contribution is -0.114. The Labute approximate surface area is 174 Å². The average molecular weight is 396 g/mol. The number of nitrogens with one attached hydrogen (secondary N) is 1. The maximum Gasteiger partial charge on any atom is 0.262 e. The number of nitrogens with zero attached hydrogens (tertiary/aromatic N) is 1. The summed E-state index contributed by atoms with van der Waals surface area (Å²) >= 11 is 0. The third-order valence-electron chi connectivity index (χ3n) is 5.05. The van der Waals surface area contributed by atoms with Gasteiger partial charge in [0.25, 0.3) is 11.8 Å². The van der Waals surface area contributed by atoms with Gasteiger partial charge in [0, 0.05) is 24.7 Å². The fourth-order valence-corrected chi connectivity index (χ4v) is 3.41. The molecule has 148 valence electrons. The Kier molecular flexibility index (Phi) is 5.26. The van der Waals surface area contributed by atoms with E-state index in [9.17, 15) is 14.4 Å². The molecule has 0 radical (unpaired) electrons. The van der Waals surface area contributed by atoms with E-state index in [2.05, 4.69) is 5.32 Å². The van der Waals surface area contributed by atoms with Gasteiger partial charge in [0.2, 0.25) is 5.78 Å². The fourth-order valence-electron chi connectivity index (χ4n) is 3.41. The number of hydrogen-bond acceptors (Lipinski definition) is 3. The smallest absolute Gasteiger partial charge is 0.262 e. The molecule has 30 heavy (non-hydrogen) atoms. The number of anilines is 1. The molecule has 1 aliphatic rings. The first-order valence-electron chi connectivity index (χ1n) is 9.60. The number of ketones is 1. The topological polar surface area (TPSA) is 66.5 Å². The Morgan fingerprint density at radius 3 is 2.30 bits per heavy atom. The number of benzene rings is 3. The Morgan fingerprint density at radius 2 is 1.60 bits per heavy atom. The molecule has 0 aliphatic carbocycles. The van der Waals surface area contributed by atoms with Crippen molar-refractivity contribution < 1.29 is 14.4 Å². The van der Waals surface area contributed by atoms with Gasteiger partial charge in [0.1, 0.15) is 0 Å². The van der Waals surface area contributed by atoms with Crippen molar-refractivity contribution >= 4 is 29.4 Å². The van der Waals surface area contributed by atoms with E-state index >= 15 is 0 Å². The van der Waals surface area contributed by atoms with Gasteiger partial charge in [0.15, 0.2) is 0 Å². The SMILES string of the molecule is CN1C(=O)/C(=C\c2ccccc2)C(=O)c2cc(C(=O)NCc3ccccc3)ccc21. The van der Waals surface area contributed by atoms with Gasteiger partial charge < -0.3 is 10.2 Å². The normalized spacial score (nSPS) is 14.6. The molecule has 2 amide bonds. The molecule has 0 bridgehead atoms. The highest BCUT2D eigenvalue weighted by Crippen LogP contribution is 2.31. The molecule has 5 heteroatoms. The summed E-state index contributed by atoms with van der Waals surface area (Å²) in [5, 5.41) is 2.86. The van der Waals surface area contributed by atoms with E-state index in [1.54, 1.807) is 31.3 Å². The summed E-state index contributed by atoms with van der Waals surface area (Å²) in [4.78, 5) is 39.9. The molecular weight excluding hydrogens is 376 g/mol. The van der Waals surface area contributed by atoms with Crippen LogP contribution in [-0.4, -0.2) is 24.6 Å². The predicted molar refractivity (Wildman–Crippen MR) is 116 cm³/mol. The molecule has 0 saturated heterocycles. The van der Waals surface area contributed by atoms with Crippen molar-refractivity contribution in [3.8, 4) is 0 Å². The number of carbonyl (C=O) groups is 3. The van der Waals surface area contributed by atoms with Crippen LogP contribution in [0.15, 0.2) is 84.4 Å². The third kappa shape index (κ3) is 3.78. The Balaban J connectivity index is 1.63. The molecule has 1 aliphatic heterocycles. The number of hydrogen-bond donors (Lipinski definition) is 1. The summed E-state index contributed by atoms with van der Waals surface area (Å²) in [6.07, 6.45) is 1.59. The maximum atomic E-state index is 13.1. The molecule has 4 rings (SSSR count). The van der Waals surface area contributed by atoms with E-state index in [1.165, 1.54) is 4.90 Å². The van der Waals surface area contributed by atoms with Gasteiger partial charge in [-0.25, -0.2) is 0 Å². The number of rotatable bonds is 4. The average Bonchev–Trinajstić information content (AvgIpc) is 2.80. The maximum absolute atomic E-state index is 13.1. The van der Waals surface area contributed by atoms with Gasteiger partial charge >= 0.3 is 0 Å². The minimum atomic E-state index is -0.380. The summed E-state index contributed by atoms with van der Waals surface area (Å²) in [6, 6.07) is 23.6. The number of Topliss-reactive ketones (excluding diaryl/α,β-unsaturated/α-hetero) is 1. The zero-order valence-corrected chi connectivity index (χ0v) is 16.5. The van der Waals surface area contributed by atoms with Crippen molar-refractivity contribution in [1.82, 2.24) is 5.32 Å². The standard InChI is InChI=1S/C25H20N2O3/c1-27-22-13-12-19(24(29)26-16-18-10-6-3-7-11-18)15-20(22)23(28)21(25(27)30)14-17-8-4-2-5-9-17/h2-15H,16H2,1H3,(H,26,29)/b21-14-. The molecule has 0 fully saturated rings. The second-order valence-electron chi connectivity index (χ2n) is 7.06. The Morgan fingerprint density at radius 1 is 0.933 bits per heavy atom. The zero-order chi connectivity index (χ0) is 21.1. The molecule has 0 spiro atoms. The molecule has 0 unspecified atom stereocenters. The van der Waals surface area contributed by atoms with Crippen LogP contribution < -0.4 is 10.2 Å². The Bertz CT molecular complexity index is 1150. The molecule has 5 nitrogen and oxygen atoms in total. The van der Waals surface area contributed by atoms with Crippen molar-refractivity contribution in [2.24, 2.45) is 0 Å². The van der Waals surface area contributed by atoms with Crippen molar-refractivity contribution in [3.05, 3.63) is 107 Å². The van der Waals surface area contributed by atoms with Gasteiger partial charge in [-0.3, -0.25) is 14.4 Å². The molecule has 0 aromatic heterocycles. The van der Waals surface area contributed by atoms with Crippen molar-refractivity contribution in [2.75, 3.05) is 11.9 Å². The van der Waals surface area contributed by atoms with E-state index in [1.807, 2.05) is 60.7 Å². The lowest BCUT2D eigenvalue weighted by Gasteiger charge is -2.27. The number of likely N-dealkylation sites (N-methyl/N-ethyl adjacent to an activating group) is 1. The monoisotopic (exact) mass is 396 g/mol. The van der Waals surface area contributed by atoms with Gasteiger partial charge in [0.05, 0.1) is 11.3 Å². The van der Waals surface area contributed by atoms with Crippen LogP contribution in [0.25, 0.3) is 6.08 Å². The third-order valence-corrected chi connectivity index (χ3v) is 5.05. The fraction of sp³-hybridized carbons (Fsp3) is 0.0800. The largest absolute Gasteiger partial charge is 0.348 e. The summed E-state index contributed by atoms with van der Waals surface area (Å²) in [5.74, 6) is -1.02. The van der Waals surface area contributed by atoms with Crippen LogP contribution in [0, 0.1) is 0 Å². The minimum Gasteiger partial charge on any atom is -0.348 e. The Hall–Kier alpha value is -3.99. The summed E-state index contributed by atoms with van der Waals surface area (Å²) in [5.41, 5.74) is 3.04. The second-order valence-corrected chi connectivity index (χ2v) is 7.06. The first-order valence-corrected chi connectivity index (χ1v) is 9.60. The summed E-state index contributed by atoms with van der Waals surface area (Å²) in [6.45, 7) is 0.391. The molecule has 3 aromatic rings. The van der Waals surface area contributed by atoms with Gasteiger partial charge in [-0.15, -0.1) is 0 Å². The summed E-state index contributed by atoms with van der Waals surface area (Å²) in [7, 11) is 1.63. The quantitative estimate of drug-likeness (QED) is 0.538. The highest BCUT2D eigenvalue weighted by molar-refractivity contribution is 6.36. The van der Waals surface area contributed by atoms with Crippen LogP contribution in [0.3, 0.4) is 0 Å². The predicted octanol–water partition coefficient (Wildman–Crippen LogP) is 3.86. The highest BCUT2D eigenvalue weighted by atomic mass is 16.2. The van der Waals surface area contributed by atoms with E-state index in [0.29, 0.717) is 23.4 Å². The van der Waals surface area contributed by atoms with Crippen LogP contribution in [0.2, 0.25) is 0 Å². The highest BCUT2D eigenvalue weighted by Gasteiger charge is 2.33. The number of fused-ring (bicyclic) bond motifs is 1. The van der Waals surface area contributed by atoms with Crippen LogP contribution >= 0.6 is 0 Å².